The molecule has 2 saturated heterocycles. The largest absolute Gasteiger partial charge is 0.386 e. The number of guanidine groups is 1. The van der Waals surface area contributed by atoms with Crippen LogP contribution in [0.1, 0.15) is 31.4 Å². The summed E-state index contributed by atoms with van der Waals surface area (Å²) >= 11 is 0. The number of aliphatic imine (C=N–C) groups is 1. The SMILES string of the molecule is CCNC(=NCC(O)c1ccncc1)N1CCC2(CCOC2)C1. The second kappa shape index (κ2) is 7.27. The lowest BCUT2D eigenvalue weighted by Gasteiger charge is -2.25. The van der Waals surface area contributed by atoms with Crippen molar-refractivity contribution in [1.82, 2.24) is 15.2 Å². The molecule has 0 radical (unpaired) electrons. The molecule has 2 unspecified atom stereocenters. The van der Waals surface area contributed by atoms with Crippen molar-refractivity contribution in [3.05, 3.63) is 30.1 Å². The molecule has 3 rings (SSSR count). The van der Waals surface area contributed by atoms with E-state index in [-0.39, 0.29) is 0 Å². The van der Waals surface area contributed by atoms with Crippen molar-refractivity contribution in [3.8, 4) is 0 Å². The van der Waals surface area contributed by atoms with Crippen molar-refractivity contribution >= 4 is 5.96 Å². The summed E-state index contributed by atoms with van der Waals surface area (Å²) in [5.74, 6) is 0.893. The quantitative estimate of drug-likeness (QED) is 0.645. The average molecular weight is 318 g/mol. The first-order valence-corrected chi connectivity index (χ1v) is 8.41. The lowest BCUT2D eigenvalue weighted by Crippen LogP contribution is -2.41. The molecular formula is C17H26N4O2. The van der Waals surface area contributed by atoms with Crippen LogP contribution in [-0.4, -0.2) is 60.3 Å². The number of pyridine rings is 1. The summed E-state index contributed by atoms with van der Waals surface area (Å²) in [7, 11) is 0. The first-order chi connectivity index (χ1) is 11.2. The lowest BCUT2D eigenvalue weighted by molar-refractivity contribution is 0.156. The number of aromatic nitrogens is 1. The molecule has 1 spiro atoms. The molecular weight excluding hydrogens is 292 g/mol. The minimum atomic E-state index is -0.599. The fourth-order valence-electron chi connectivity index (χ4n) is 3.38. The van der Waals surface area contributed by atoms with E-state index in [1.165, 1.54) is 0 Å². The summed E-state index contributed by atoms with van der Waals surface area (Å²) in [5, 5.41) is 13.6. The van der Waals surface area contributed by atoms with Crippen molar-refractivity contribution in [2.75, 3.05) is 39.4 Å². The number of likely N-dealkylation sites (tertiary alicyclic amines) is 1. The number of hydrogen-bond donors (Lipinski definition) is 2. The summed E-state index contributed by atoms with van der Waals surface area (Å²) in [5.41, 5.74) is 1.15. The number of nitrogens with zero attached hydrogens (tertiary/aromatic N) is 3. The molecule has 2 aliphatic heterocycles. The molecule has 0 amide bonds. The van der Waals surface area contributed by atoms with Crippen molar-refractivity contribution in [2.24, 2.45) is 10.4 Å². The van der Waals surface area contributed by atoms with Gasteiger partial charge in [-0.1, -0.05) is 0 Å². The van der Waals surface area contributed by atoms with Gasteiger partial charge in [-0.2, -0.15) is 0 Å². The molecule has 2 N–H and O–H groups in total. The van der Waals surface area contributed by atoms with Crippen LogP contribution in [0.3, 0.4) is 0 Å². The van der Waals surface area contributed by atoms with Crippen LogP contribution in [-0.2, 0) is 4.74 Å². The third kappa shape index (κ3) is 3.82. The third-order valence-electron chi connectivity index (χ3n) is 4.76. The number of nitrogens with one attached hydrogen (secondary N) is 1. The van der Waals surface area contributed by atoms with E-state index in [1.54, 1.807) is 12.4 Å². The van der Waals surface area contributed by atoms with Crippen LogP contribution in [0, 0.1) is 5.41 Å². The first-order valence-electron chi connectivity index (χ1n) is 8.41. The van der Waals surface area contributed by atoms with E-state index in [0.717, 1.165) is 57.2 Å². The molecule has 126 valence electrons. The zero-order chi connectivity index (χ0) is 16.1. The van der Waals surface area contributed by atoms with Crippen LogP contribution in [0.2, 0.25) is 0 Å². The number of hydrogen-bond acceptors (Lipinski definition) is 4. The van der Waals surface area contributed by atoms with Crippen LogP contribution in [0.4, 0.5) is 0 Å². The maximum absolute atomic E-state index is 10.3. The van der Waals surface area contributed by atoms with Gasteiger partial charge in [-0.3, -0.25) is 9.98 Å². The van der Waals surface area contributed by atoms with Gasteiger partial charge >= 0.3 is 0 Å². The van der Waals surface area contributed by atoms with Gasteiger partial charge in [0.1, 0.15) is 0 Å². The molecule has 2 fully saturated rings. The van der Waals surface area contributed by atoms with Crippen molar-refractivity contribution < 1.29 is 9.84 Å². The van der Waals surface area contributed by atoms with Crippen molar-refractivity contribution in [3.63, 3.8) is 0 Å². The highest BCUT2D eigenvalue weighted by atomic mass is 16.5. The Bertz CT molecular complexity index is 529. The molecule has 0 bridgehead atoms. The van der Waals surface area contributed by atoms with E-state index >= 15 is 0 Å². The molecule has 1 aromatic rings. The number of rotatable bonds is 4. The predicted octanol–water partition coefficient (Wildman–Crippen LogP) is 1.19. The Morgan fingerprint density at radius 1 is 1.48 bits per heavy atom. The third-order valence-corrected chi connectivity index (χ3v) is 4.76. The monoisotopic (exact) mass is 318 g/mol. The molecule has 2 aliphatic rings. The van der Waals surface area contributed by atoms with E-state index in [1.807, 2.05) is 12.1 Å². The molecule has 3 heterocycles. The standard InChI is InChI=1S/C17H26N4O2/c1-2-19-16(20-11-15(22)14-3-7-18-8-4-14)21-9-5-17(12-21)6-10-23-13-17/h3-4,7-8,15,22H,2,5-6,9-13H2,1H3,(H,19,20). The van der Waals surface area contributed by atoms with Gasteiger partial charge in [-0.05, 0) is 37.5 Å². The van der Waals surface area contributed by atoms with Crippen LogP contribution in [0.15, 0.2) is 29.5 Å². The Balaban J connectivity index is 1.64. The summed E-state index contributed by atoms with van der Waals surface area (Å²) in [6.45, 7) is 6.98. The van der Waals surface area contributed by atoms with Gasteiger partial charge < -0.3 is 20.1 Å². The Kier molecular flexibility index (Phi) is 5.13. The summed E-state index contributed by atoms with van der Waals surface area (Å²) in [6, 6.07) is 3.65. The second-order valence-corrected chi connectivity index (χ2v) is 6.47. The normalized spacial score (nSPS) is 26.0. The van der Waals surface area contributed by atoms with Gasteiger partial charge in [0.2, 0.25) is 0 Å². The molecule has 6 heteroatoms. The fourth-order valence-corrected chi connectivity index (χ4v) is 3.38. The highest BCUT2D eigenvalue weighted by Gasteiger charge is 2.42. The maximum Gasteiger partial charge on any atom is 0.194 e. The topological polar surface area (TPSA) is 70.0 Å². The van der Waals surface area contributed by atoms with Crippen LogP contribution in [0.5, 0.6) is 0 Å². The molecule has 0 saturated carbocycles. The van der Waals surface area contributed by atoms with Crippen LogP contribution in [0.25, 0.3) is 0 Å². The Morgan fingerprint density at radius 3 is 3.00 bits per heavy atom. The zero-order valence-corrected chi connectivity index (χ0v) is 13.7. The lowest BCUT2D eigenvalue weighted by atomic mass is 9.87. The van der Waals surface area contributed by atoms with E-state index in [4.69, 9.17) is 4.74 Å². The minimum Gasteiger partial charge on any atom is -0.386 e. The Morgan fingerprint density at radius 2 is 2.30 bits per heavy atom. The van der Waals surface area contributed by atoms with E-state index in [2.05, 4.69) is 27.1 Å². The van der Waals surface area contributed by atoms with Gasteiger partial charge in [0, 0.05) is 44.0 Å². The highest BCUT2D eigenvalue weighted by Crippen LogP contribution is 2.38. The zero-order valence-electron chi connectivity index (χ0n) is 13.7. The molecule has 1 aromatic heterocycles. The molecule has 2 atom stereocenters. The Labute approximate surface area is 137 Å². The number of aliphatic hydroxyl groups excluding tert-OH is 1. The minimum absolute atomic E-state index is 0.305. The highest BCUT2D eigenvalue weighted by molar-refractivity contribution is 5.80. The Hall–Kier alpha value is -1.66. The van der Waals surface area contributed by atoms with E-state index in [9.17, 15) is 5.11 Å². The van der Waals surface area contributed by atoms with Crippen LogP contribution < -0.4 is 5.32 Å². The smallest absolute Gasteiger partial charge is 0.194 e. The average Bonchev–Trinajstić information content (AvgIpc) is 3.22. The fraction of sp³-hybridized carbons (Fsp3) is 0.647. The second-order valence-electron chi connectivity index (χ2n) is 6.47. The maximum atomic E-state index is 10.3. The predicted molar refractivity (Wildman–Crippen MR) is 89.2 cm³/mol. The molecule has 0 aliphatic carbocycles. The summed E-state index contributed by atoms with van der Waals surface area (Å²) < 4.78 is 5.59. The first kappa shape index (κ1) is 16.2. The van der Waals surface area contributed by atoms with Crippen molar-refractivity contribution in [1.29, 1.82) is 0 Å². The van der Waals surface area contributed by atoms with Gasteiger partial charge in [0.15, 0.2) is 5.96 Å². The molecule has 23 heavy (non-hydrogen) atoms. The van der Waals surface area contributed by atoms with Crippen LogP contribution >= 0.6 is 0 Å². The molecule has 0 aromatic carbocycles. The number of ether oxygens (including phenoxy) is 1. The summed E-state index contributed by atoms with van der Waals surface area (Å²) in [6.07, 6.45) is 5.08. The van der Waals surface area contributed by atoms with Crippen molar-refractivity contribution in [2.45, 2.75) is 25.9 Å². The van der Waals surface area contributed by atoms with E-state index < -0.39 is 6.10 Å². The summed E-state index contributed by atoms with van der Waals surface area (Å²) in [4.78, 5) is 10.9. The van der Waals surface area contributed by atoms with Gasteiger partial charge in [-0.25, -0.2) is 0 Å². The van der Waals surface area contributed by atoms with E-state index in [0.29, 0.717) is 12.0 Å². The van der Waals surface area contributed by atoms with Gasteiger partial charge in [-0.15, -0.1) is 0 Å². The molecule has 6 nitrogen and oxygen atoms in total. The number of aliphatic hydroxyl groups is 1. The van der Waals surface area contributed by atoms with Gasteiger partial charge in [0.05, 0.1) is 19.3 Å². The van der Waals surface area contributed by atoms with Gasteiger partial charge in [0.25, 0.3) is 0 Å².